The third kappa shape index (κ3) is 4.03. The second-order valence-corrected chi connectivity index (χ2v) is 9.20. The smallest absolute Gasteiger partial charge is 0.198 e. The molecule has 0 amide bonds. The molecule has 0 aliphatic carbocycles. The molecule has 1 N–H and O–H groups in total. The highest BCUT2D eigenvalue weighted by Crippen LogP contribution is 2.52. The number of nitrogens with one attached hydrogen (secondary N) is 1. The van der Waals surface area contributed by atoms with Crippen LogP contribution in [0.1, 0.15) is 0 Å². The summed E-state index contributed by atoms with van der Waals surface area (Å²) in [5, 5.41) is 4.79. The van der Waals surface area contributed by atoms with Crippen LogP contribution in [0.4, 0.5) is 5.69 Å². The van der Waals surface area contributed by atoms with E-state index in [9.17, 15) is 0 Å². The van der Waals surface area contributed by atoms with Crippen LogP contribution in [-0.4, -0.2) is 47.6 Å². The average molecular weight is 347 g/mol. The van der Waals surface area contributed by atoms with Gasteiger partial charge in [0.15, 0.2) is 5.11 Å². The molecule has 0 aliphatic rings. The van der Waals surface area contributed by atoms with Crippen molar-refractivity contribution in [2.75, 3.05) is 33.5 Å². The molecule has 1 heterocycles. The maximum atomic E-state index is 5.50. The van der Waals surface area contributed by atoms with Gasteiger partial charge in [0.2, 0.25) is 0 Å². The molecule has 2 aromatic rings. The zero-order valence-electron chi connectivity index (χ0n) is 13.8. The van der Waals surface area contributed by atoms with E-state index in [1.165, 1.54) is 0 Å². The van der Waals surface area contributed by atoms with Gasteiger partial charge in [-0.3, -0.25) is 14.3 Å². The maximum absolute atomic E-state index is 5.50. The van der Waals surface area contributed by atoms with Crippen LogP contribution in [0.2, 0.25) is 0 Å². The van der Waals surface area contributed by atoms with E-state index in [0.717, 1.165) is 11.0 Å². The monoisotopic (exact) mass is 347 g/mol. The first kappa shape index (κ1) is 17.8. The lowest BCUT2D eigenvalue weighted by atomic mass is 10.3. The lowest BCUT2D eigenvalue weighted by molar-refractivity contribution is 0.572. The lowest BCUT2D eigenvalue weighted by Gasteiger charge is -2.36. The van der Waals surface area contributed by atoms with Crippen LogP contribution in [0.3, 0.4) is 0 Å². The molecule has 2 rings (SSSR count). The van der Waals surface area contributed by atoms with Gasteiger partial charge in [-0.25, -0.2) is 4.74 Å². The molecule has 0 bridgehead atoms. The summed E-state index contributed by atoms with van der Waals surface area (Å²) in [6.07, 6.45) is 3.58. The van der Waals surface area contributed by atoms with Crippen molar-refractivity contribution in [2.45, 2.75) is 0 Å². The van der Waals surface area contributed by atoms with Gasteiger partial charge in [0, 0.05) is 23.4 Å². The molecule has 0 aliphatic heterocycles. The first-order valence-corrected chi connectivity index (χ1v) is 9.27. The second-order valence-electron chi connectivity index (χ2n) is 5.36. The Morgan fingerprint density at radius 3 is 2.09 bits per heavy atom. The fourth-order valence-electron chi connectivity index (χ4n) is 2.40. The Morgan fingerprint density at radius 2 is 1.57 bits per heavy atom. The minimum atomic E-state index is -2.14. The van der Waals surface area contributed by atoms with E-state index in [0.29, 0.717) is 5.11 Å². The standard InChI is InChI=1S/C16H22N5PS/c1-20(2)22(21(3)4,15-10-12-17-13-11-15)19-16(23)18-14-8-6-5-7-9-14/h5-13H,1-4H3,(H,18,23). The molecular formula is C16H22N5PS. The van der Waals surface area contributed by atoms with Gasteiger partial charge >= 0.3 is 0 Å². The zero-order valence-corrected chi connectivity index (χ0v) is 15.6. The van der Waals surface area contributed by atoms with Gasteiger partial charge in [-0.1, -0.05) is 18.2 Å². The molecule has 0 unspecified atom stereocenters. The Kier molecular flexibility index (Phi) is 6.02. The van der Waals surface area contributed by atoms with Crippen molar-refractivity contribution in [1.82, 2.24) is 14.3 Å². The Morgan fingerprint density at radius 1 is 1.00 bits per heavy atom. The summed E-state index contributed by atoms with van der Waals surface area (Å²) in [6, 6.07) is 13.9. The van der Waals surface area contributed by atoms with Crippen molar-refractivity contribution in [3.05, 3.63) is 54.9 Å². The van der Waals surface area contributed by atoms with Gasteiger partial charge in [0.25, 0.3) is 0 Å². The Bertz CT molecular complexity index is 689. The highest BCUT2D eigenvalue weighted by Gasteiger charge is 2.28. The molecule has 0 fully saturated rings. The van der Waals surface area contributed by atoms with E-state index in [4.69, 9.17) is 17.0 Å². The number of benzene rings is 1. The summed E-state index contributed by atoms with van der Waals surface area (Å²) in [4.78, 5) is 4.12. The predicted molar refractivity (Wildman–Crippen MR) is 103 cm³/mol. The largest absolute Gasteiger partial charge is 0.331 e. The number of rotatable bonds is 4. The predicted octanol–water partition coefficient (Wildman–Crippen LogP) is 3.26. The van der Waals surface area contributed by atoms with E-state index in [1.54, 1.807) is 12.4 Å². The molecule has 122 valence electrons. The van der Waals surface area contributed by atoms with Gasteiger partial charge in [0.05, 0.1) is 0 Å². The molecule has 0 atom stereocenters. The van der Waals surface area contributed by atoms with Crippen LogP contribution >= 0.6 is 19.6 Å². The van der Waals surface area contributed by atoms with Crippen LogP contribution in [0, 0.1) is 0 Å². The molecule has 0 saturated heterocycles. The van der Waals surface area contributed by atoms with E-state index in [-0.39, 0.29) is 0 Å². The van der Waals surface area contributed by atoms with Crippen molar-refractivity contribution >= 4 is 35.7 Å². The van der Waals surface area contributed by atoms with Crippen LogP contribution in [-0.2, 0) is 0 Å². The van der Waals surface area contributed by atoms with E-state index >= 15 is 0 Å². The van der Waals surface area contributed by atoms with Gasteiger partial charge in [-0.2, -0.15) is 0 Å². The topological polar surface area (TPSA) is 43.8 Å². The number of hydrogen-bond acceptors (Lipinski definition) is 2. The van der Waals surface area contributed by atoms with E-state index < -0.39 is 7.36 Å². The van der Waals surface area contributed by atoms with Gasteiger partial charge in [0.1, 0.15) is 7.36 Å². The number of thiocarbonyl (C=S) groups is 1. The molecule has 1 aromatic carbocycles. The van der Waals surface area contributed by atoms with Crippen LogP contribution in [0.25, 0.3) is 0 Å². The number of anilines is 1. The fraction of sp³-hybridized carbons (Fsp3) is 0.250. The van der Waals surface area contributed by atoms with Gasteiger partial charge < -0.3 is 5.32 Å². The quantitative estimate of drug-likeness (QED) is 0.679. The Hall–Kier alpha value is -1.59. The van der Waals surface area contributed by atoms with Crippen molar-refractivity contribution in [2.24, 2.45) is 4.74 Å². The molecule has 1 aromatic heterocycles. The van der Waals surface area contributed by atoms with Gasteiger partial charge in [-0.05, 0) is 64.7 Å². The summed E-state index contributed by atoms with van der Waals surface area (Å²) in [7, 11) is 5.98. The van der Waals surface area contributed by atoms with Crippen LogP contribution in [0.15, 0.2) is 59.6 Å². The molecule has 0 saturated carbocycles. The highest BCUT2D eigenvalue weighted by molar-refractivity contribution is 7.81. The number of para-hydroxylation sites is 1. The van der Waals surface area contributed by atoms with Crippen molar-refractivity contribution in [3.8, 4) is 0 Å². The summed E-state index contributed by atoms with van der Waals surface area (Å²) in [5.41, 5.74) is 0.937. The third-order valence-electron chi connectivity index (χ3n) is 3.38. The summed E-state index contributed by atoms with van der Waals surface area (Å²) in [6.45, 7) is 0. The first-order chi connectivity index (χ1) is 11.0. The zero-order chi connectivity index (χ0) is 16.9. The SMILES string of the molecule is CN(C)P(=NC(=S)Nc1ccccc1)(c1ccncc1)N(C)C. The van der Waals surface area contributed by atoms with Gasteiger partial charge in [-0.15, -0.1) is 0 Å². The summed E-state index contributed by atoms with van der Waals surface area (Å²) < 4.78 is 9.21. The first-order valence-electron chi connectivity index (χ1n) is 7.21. The van der Waals surface area contributed by atoms with E-state index in [1.807, 2.05) is 70.7 Å². The minimum absolute atomic E-state index is 0.476. The minimum Gasteiger partial charge on any atom is -0.331 e. The summed E-state index contributed by atoms with van der Waals surface area (Å²) >= 11 is 5.50. The molecule has 5 nitrogen and oxygen atoms in total. The average Bonchev–Trinajstić information content (AvgIpc) is 2.53. The molecule has 0 radical (unpaired) electrons. The Balaban J connectivity index is 2.47. The van der Waals surface area contributed by atoms with Crippen LogP contribution in [0.5, 0.6) is 0 Å². The highest BCUT2D eigenvalue weighted by atomic mass is 32.1. The number of aromatic nitrogens is 1. The second kappa shape index (κ2) is 7.79. The van der Waals surface area contributed by atoms with Crippen molar-refractivity contribution in [3.63, 3.8) is 0 Å². The maximum Gasteiger partial charge on any atom is 0.198 e. The Labute approximate surface area is 143 Å². The molecular weight excluding hydrogens is 325 g/mol. The summed E-state index contributed by atoms with van der Waals surface area (Å²) in [5.74, 6) is 0. The molecule has 0 spiro atoms. The molecule has 7 heteroatoms. The third-order valence-corrected chi connectivity index (χ3v) is 7.41. The molecule has 23 heavy (non-hydrogen) atoms. The normalized spacial score (nSPS) is 11.6. The lowest BCUT2D eigenvalue weighted by Crippen LogP contribution is -2.30. The van der Waals surface area contributed by atoms with Crippen molar-refractivity contribution in [1.29, 1.82) is 0 Å². The number of hydrogen-bond donors (Lipinski definition) is 1. The number of nitrogens with zero attached hydrogens (tertiary/aromatic N) is 4. The van der Waals surface area contributed by atoms with Crippen molar-refractivity contribution < 1.29 is 0 Å². The fourth-order valence-corrected chi connectivity index (χ4v) is 5.81. The number of pyridine rings is 1. The van der Waals surface area contributed by atoms with Crippen LogP contribution < -0.4 is 10.6 Å². The van der Waals surface area contributed by atoms with E-state index in [2.05, 4.69) is 19.6 Å².